The fourth-order valence-electron chi connectivity index (χ4n) is 8.88. The summed E-state index contributed by atoms with van der Waals surface area (Å²) in [6, 6.07) is 66.2. The molecule has 0 spiro atoms. The molecule has 53 heavy (non-hydrogen) atoms. The molecule has 3 nitrogen and oxygen atoms in total. The third kappa shape index (κ3) is 4.10. The van der Waals surface area contributed by atoms with Crippen molar-refractivity contribution in [2.45, 2.75) is 0 Å². The Kier molecular flexibility index (Phi) is 5.77. The minimum absolute atomic E-state index is 0.905. The van der Waals surface area contributed by atoms with E-state index in [9.17, 15) is 0 Å². The molecule has 0 amide bonds. The predicted octanol–water partition coefficient (Wildman–Crippen LogP) is 13.8. The molecule has 0 aliphatic heterocycles. The third-order valence-electron chi connectivity index (χ3n) is 11.2. The zero-order chi connectivity index (χ0) is 34.6. The van der Waals surface area contributed by atoms with E-state index in [0.29, 0.717) is 0 Å². The first-order chi connectivity index (χ1) is 26.3. The van der Waals surface area contributed by atoms with Crippen LogP contribution in [-0.2, 0) is 0 Å². The van der Waals surface area contributed by atoms with E-state index in [1.165, 1.54) is 70.7 Å². The van der Waals surface area contributed by atoms with Gasteiger partial charge in [-0.1, -0.05) is 103 Å². The molecule has 3 heteroatoms. The molecule has 0 fully saturated rings. The molecule has 3 aromatic heterocycles. The van der Waals surface area contributed by atoms with Crippen molar-refractivity contribution in [1.82, 2.24) is 9.13 Å². The molecule has 12 aromatic rings. The minimum atomic E-state index is 0.905. The molecule has 0 unspecified atom stereocenters. The molecule has 0 radical (unpaired) electrons. The first-order valence-corrected chi connectivity index (χ1v) is 18.2. The molecule has 0 aliphatic rings. The summed E-state index contributed by atoms with van der Waals surface area (Å²) < 4.78 is 11.2. The predicted molar refractivity (Wildman–Crippen MR) is 223 cm³/mol. The van der Waals surface area contributed by atoms with Gasteiger partial charge in [0, 0.05) is 43.7 Å². The van der Waals surface area contributed by atoms with Crippen molar-refractivity contribution < 1.29 is 4.42 Å². The Labute approximate surface area is 304 Å². The lowest BCUT2D eigenvalue weighted by molar-refractivity contribution is 0.669. The lowest BCUT2D eigenvalue weighted by Crippen LogP contribution is -1.96. The number of hydrogen-bond acceptors (Lipinski definition) is 1. The van der Waals surface area contributed by atoms with Crippen molar-refractivity contribution in [2.75, 3.05) is 0 Å². The number of furan rings is 1. The lowest BCUT2D eigenvalue weighted by atomic mass is 9.99. The smallest absolute Gasteiger partial charge is 0.136 e. The zero-order valence-corrected chi connectivity index (χ0v) is 28.6. The second-order valence-corrected chi connectivity index (χ2v) is 14.2. The highest BCUT2D eigenvalue weighted by Crippen LogP contribution is 2.42. The zero-order valence-electron chi connectivity index (χ0n) is 28.6. The first-order valence-electron chi connectivity index (χ1n) is 18.2. The van der Waals surface area contributed by atoms with Gasteiger partial charge in [-0.05, 0) is 112 Å². The number of fused-ring (bicyclic) bond motifs is 11. The summed E-state index contributed by atoms with van der Waals surface area (Å²) in [5.74, 6) is 0. The largest absolute Gasteiger partial charge is 0.456 e. The summed E-state index contributed by atoms with van der Waals surface area (Å²) in [7, 11) is 0. The van der Waals surface area contributed by atoms with Crippen LogP contribution < -0.4 is 0 Å². The van der Waals surface area contributed by atoms with Crippen LogP contribution in [0.4, 0.5) is 0 Å². The topological polar surface area (TPSA) is 23.0 Å². The Hall–Kier alpha value is -7.10. The average molecular weight is 675 g/mol. The number of hydrogen-bond donors (Lipinski definition) is 0. The Morgan fingerprint density at radius 2 is 0.925 bits per heavy atom. The van der Waals surface area contributed by atoms with Gasteiger partial charge in [0.15, 0.2) is 0 Å². The van der Waals surface area contributed by atoms with Crippen molar-refractivity contribution in [3.63, 3.8) is 0 Å². The number of nitrogens with zero attached hydrogens (tertiary/aromatic N) is 2. The van der Waals surface area contributed by atoms with Crippen LogP contribution in [0.3, 0.4) is 0 Å². The molecular formula is C50H30N2O. The van der Waals surface area contributed by atoms with Crippen LogP contribution in [0.2, 0.25) is 0 Å². The van der Waals surface area contributed by atoms with Gasteiger partial charge in [-0.2, -0.15) is 0 Å². The van der Waals surface area contributed by atoms with Crippen molar-refractivity contribution in [1.29, 1.82) is 0 Å². The van der Waals surface area contributed by atoms with E-state index in [1.807, 2.05) is 12.1 Å². The van der Waals surface area contributed by atoms with Crippen molar-refractivity contribution in [3.8, 4) is 22.5 Å². The van der Waals surface area contributed by atoms with Gasteiger partial charge in [-0.25, -0.2) is 0 Å². The summed E-state index contributed by atoms with van der Waals surface area (Å²) >= 11 is 0. The molecule has 3 heterocycles. The summed E-state index contributed by atoms with van der Waals surface area (Å²) in [6.07, 6.45) is 0. The van der Waals surface area contributed by atoms with E-state index in [0.717, 1.165) is 38.9 Å². The fourth-order valence-corrected chi connectivity index (χ4v) is 8.88. The summed E-state index contributed by atoms with van der Waals surface area (Å²) in [5.41, 5.74) is 11.2. The van der Waals surface area contributed by atoms with E-state index >= 15 is 0 Å². The standard InChI is InChI=1S/C50H30N2O/c1-2-15-36(16-3-1)51-45-28-35-25-32-13-5-4-12-31(32)24-34(35)27-41(45)43-29-42-39-18-6-8-21-44(39)52(46(42)30-47(43)51)37-17-10-14-33(26-37)38-20-11-23-49-50(38)40-19-7-9-22-48(40)53-49/h1-30H. The minimum Gasteiger partial charge on any atom is -0.456 e. The molecule has 246 valence electrons. The molecule has 0 atom stereocenters. The highest BCUT2D eigenvalue weighted by molar-refractivity contribution is 6.21. The van der Waals surface area contributed by atoms with Crippen molar-refractivity contribution in [3.05, 3.63) is 182 Å². The second kappa shape index (κ2) is 10.7. The van der Waals surface area contributed by atoms with Gasteiger partial charge in [0.2, 0.25) is 0 Å². The van der Waals surface area contributed by atoms with Gasteiger partial charge >= 0.3 is 0 Å². The monoisotopic (exact) mass is 674 g/mol. The Morgan fingerprint density at radius 3 is 1.77 bits per heavy atom. The van der Waals surface area contributed by atoms with Crippen LogP contribution in [0.5, 0.6) is 0 Å². The van der Waals surface area contributed by atoms with Crippen LogP contribution in [0.1, 0.15) is 0 Å². The maximum atomic E-state index is 6.28. The van der Waals surface area contributed by atoms with Gasteiger partial charge in [-0.3, -0.25) is 0 Å². The van der Waals surface area contributed by atoms with E-state index < -0.39 is 0 Å². The maximum absolute atomic E-state index is 6.28. The number of para-hydroxylation sites is 3. The Balaban J connectivity index is 1.16. The molecule has 0 aliphatic carbocycles. The van der Waals surface area contributed by atoms with Crippen LogP contribution in [0.25, 0.3) is 110 Å². The van der Waals surface area contributed by atoms with Gasteiger partial charge in [0.25, 0.3) is 0 Å². The highest BCUT2D eigenvalue weighted by atomic mass is 16.3. The summed E-state index contributed by atoms with van der Waals surface area (Å²) in [4.78, 5) is 0. The van der Waals surface area contributed by atoms with Crippen LogP contribution in [-0.4, -0.2) is 9.13 Å². The average Bonchev–Trinajstić information content (AvgIpc) is 3.85. The molecule has 12 rings (SSSR count). The van der Waals surface area contributed by atoms with E-state index in [1.54, 1.807) is 0 Å². The molecule has 9 aromatic carbocycles. The quantitative estimate of drug-likeness (QED) is 0.171. The third-order valence-corrected chi connectivity index (χ3v) is 11.2. The second-order valence-electron chi connectivity index (χ2n) is 14.2. The molecule has 0 saturated carbocycles. The van der Waals surface area contributed by atoms with E-state index in [4.69, 9.17) is 4.42 Å². The molecule has 0 N–H and O–H groups in total. The number of aromatic nitrogens is 2. The Morgan fingerprint density at radius 1 is 0.321 bits per heavy atom. The lowest BCUT2D eigenvalue weighted by Gasteiger charge is -2.12. The Bertz CT molecular complexity index is 3450. The maximum Gasteiger partial charge on any atom is 0.136 e. The van der Waals surface area contributed by atoms with Gasteiger partial charge < -0.3 is 13.6 Å². The molecule has 0 saturated heterocycles. The van der Waals surface area contributed by atoms with Crippen molar-refractivity contribution in [2.24, 2.45) is 0 Å². The van der Waals surface area contributed by atoms with Crippen LogP contribution in [0, 0.1) is 0 Å². The van der Waals surface area contributed by atoms with E-state index in [2.05, 4.69) is 179 Å². The van der Waals surface area contributed by atoms with Gasteiger partial charge in [-0.15, -0.1) is 0 Å². The summed E-state index contributed by atoms with van der Waals surface area (Å²) in [5, 5.41) is 12.3. The molecular weight excluding hydrogens is 645 g/mol. The van der Waals surface area contributed by atoms with E-state index in [-0.39, 0.29) is 0 Å². The SMILES string of the molecule is c1ccc(-n2c3cc4cc5ccccc5cc4cc3c3cc4c5ccccc5n(-c5cccc(-c6cccc7oc8ccccc8c67)c5)c4cc32)cc1. The van der Waals surface area contributed by atoms with Gasteiger partial charge in [0.1, 0.15) is 11.2 Å². The summed E-state index contributed by atoms with van der Waals surface area (Å²) in [6.45, 7) is 0. The first kappa shape index (κ1) is 28.6. The van der Waals surface area contributed by atoms with Crippen LogP contribution in [0.15, 0.2) is 186 Å². The highest BCUT2D eigenvalue weighted by Gasteiger charge is 2.20. The molecule has 0 bridgehead atoms. The number of benzene rings is 9. The number of rotatable bonds is 3. The fraction of sp³-hybridized carbons (Fsp3) is 0. The van der Waals surface area contributed by atoms with Crippen molar-refractivity contribution >= 4 is 87.1 Å². The normalized spacial score (nSPS) is 12.2. The van der Waals surface area contributed by atoms with Crippen LogP contribution >= 0.6 is 0 Å². The van der Waals surface area contributed by atoms with Gasteiger partial charge in [0.05, 0.1) is 22.1 Å².